The van der Waals surface area contributed by atoms with Crippen LogP contribution in [0.4, 0.5) is 0 Å². The van der Waals surface area contributed by atoms with Gasteiger partial charge in [0, 0.05) is 19.5 Å². The van der Waals surface area contributed by atoms with Gasteiger partial charge in [-0.25, -0.2) is 0 Å². The van der Waals surface area contributed by atoms with Gasteiger partial charge in [0.2, 0.25) is 5.91 Å². The molecule has 0 saturated carbocycles. The predicted molar refractivity (Wildman–Crippen MR) is 90.3 cm³/mol. The van der Waals surface area contributed by atoms with Gasteiger partial charge in [0.15, 0.2) is 11.5 Å². The minimum Gasteiger partial charge on any atom is -0.490 e. The summed E-state index contributed by atoms with van der Waals surface area (Å²) >= 11 is 0. The van der Waals surface area contributed by atoms with Crippen LogP contribution in [0, 0.1) is 0 Å². The van der Waals surface area contributed by atoms with Crippen LogP contribution < -0.4 is 9.47 Å². The lowest BCUT2D eigenvalue weighted by Crippen LogP contribution is -2.39. The van der Waals surface area contributed by atoms with Crippen LogP contribution in [0.25, 0.3) is 0 Å². The molecule has 2 heterocycles. The number of rotatable bonds is 5. The number of hydrogen-bond donors (Lipinski definition) is 1. The summed E-state index contributed by atoms with van der Waals surface area (Å²) < 4.78 is 11.5. The Kier molecular flexibility index (Phi) is 5.58. The number of likely N-dealkylation sites (N-methyl/N-ethyl adjacent to an activating group) is 1. The highest BCUT2D eigenvalue weighted by Crippen LogP contribution is 2.37. The Morgan fingerprint density at radius 1 is 1.29 bits per heavy atom. The summed E-state index contributed by atoms with van der Waals surface area (Å²) in [5.74, 6) is 1.68. The fourth-order valence-electron chi connectivity index (χ4n) is 3.37. The Balaban J connectivity index is 1.73. The topological polar surface area (TPSA) is 62.2 Å². The first-order valence-corrected chi connectivity index (χ1v) is 8.67. The summed E-state index contributed by atoms with van der Waals surface area (Å²) in [6, 6.07) is 6.11. The van der Waals surface area contributed by atoms with Gasteiger partial charge in [-0.3, -0.25) is 9.69 Å². The molecule has 1 N–H and O–H groups in total. The molecule has 0 aromatic heterocycles. The zero-order chi connectivity index (χ0) is 16.9. The maximum atomic E-state index is 12.6. The van der Waals surface area contributed by atoms with E-state index >= 15 is 0 Å². The van der Waals surface area contributed by atoms with Crippen molar-refractivity contribution < 1.29 is 19.4 Å². The van der Waals surface area contributed by atoms with E-state index in [2.05, 4.69) is 0 Å². The molecule has 1 fully saturated rings. The van der Waals surface area contributed by atoms with Gasteiger partial charge in [0.05, 0.1) is 32.4 Å². The number of carbonyl (C=O) groups is 1. The lowest BCUT2D eigenvalue weighted by molar-refractivity contribution is -0.133. The van der Waals surface area contributed by atoms with Crippen molar-refractivity contribution in [3.63, 3.8) is 0 Å². The number of nitrogens with zero attached hydrogens (tertiary/aromatic N) is 2. The molecule has 1 atom stereocenters. The number of likely N-dealkylation sites (tertiary alicyclic amines) is 1. The van der Waals surface area contributed by atoms with Gasteiger partial charge in [0.1, 0.15) is 0 Å². The predicted octanol–water partition coefficient (Wildman–Crippen LogP) is 1.44. The largest absolute Gasteiger partial charge is 0.490 e. The Bertz CT molecular complexity index is 578. The van der Waals surface area contributed by atoms with E-state index in [9.17, 15) is 4.79 Å². The Morgan fingerprint density at radius 3 is 2.88 bits per heavy atom. The first-order chi connectivity index (χ1) is 11.7. The van der Waals surface area contributed by atoms with E-state index in [4.69, 9.17) is 14.6 Å². The molecule has 24 heavy (non-hydrogen) atoms. The van der Waals surface area contributed by atoms with Gasteiger partial charge in [-0.2, -0.15) is 0 Å². The quantitative estimate of drug-likeness (QED) is 0.883. The zero-order valence-corrected chi connectivity index (χ0v) is 14.2. The molecule has 0 spiro atoms. The molecule has 1 amide bonds. The molecule has 6 heteroatoms. The van der Waals surface area contributed by atoms with E-state index in [-0.39, 0.29) is 18.6 Å². The number of hydrogen-bond acceptors (Lipinski definition) is 5. The van der Waals surface area contributed by atoms with Crippen molar-refractivity contribution in [3.05, 3.63) is 23.8 Å². The van der Waals surface area contributed by atoms with Gasteiger partial charge in [-0.05, 0) is 37.6 Å². The summed E-state index contributed by atoms with van der Waals surface area (Å²) in [6.45, 7) is 3.03. The Morgan fingerprint density at radius 2 is 2.08 bits per heavy atom. The van der Waals surface area contributed by atoms with E-state index in [1.165, 1.54) is 0 Å². The van der Waals surface area contributed by atoms with Gasteiger partial charge in [-0.1, -0.05) is 6.07 Å². The van der Waals surface area contributed by atoms with Crippen LogP contribution in [0.2, 0.25) is 0 Å². The molecular weight excluding hydrogens is 308 g/mol. The lowest BCUT2D eigenvalue weighted by atomic mass is 10.0. The SMILES string of the molecule is CN(CCO)CC(=O)N1CCC[C@@H]1c1ccc2c(c1)OCCCO2. The minimum absolute atomic E-state index is 0.0649. The van der Waals surface area contributed by atoms with Crippen LogP contribution in [0.3, 0.4) is 0 Å². The number of ether oxygens (including phenoxy) is 2. The molecule has 1 saturated heterocycles. The van der Waals surface area contributed by atoms with Crippen molar-refractivity contribution in [1.29, 1.82) is 0 Å². The molecule has 0 aliphatic carbocycles. The molecule has 2 aliphatic heterocycles. The van der Waals surface area contributed by atoms with Crippen LogP contribution in [-0.2, 0) is 4.79 Å². The smallest absolute Gasteiger partial charge is 0.237 e. The van der Waals surface area contributed by atoms with Crippen LogP contribution in [0.15, 0.2) is 18.2 Å². The van der Waals surface area contributed by atoms with Gasteiger partial charge >= 0.3 is 0 Å². The minimum atomic E-state index is 0.0649. The maximum Gasteiger partial charge on any atom is 0.237 e. The molecule has 0 unspecified atom stereocenters. The van der Waals surface area contributed by atoms with E-state index in [1.807, 2.05) is 35.0 Å². The zero-order valence-electron chi connectivity index (χ0n) is 14.2. The molecular formula is C18H26N2O4. The Hall–Kier alpha value is -1.79. The van der Waals surface area contributed by atoms with Crippen LogP contribution in [-0.4, -0.2) is 67.3 Å². The summed E-state index contributed by atoms with van der Waals surface area (Å²) in [4.78, 5) is 16.4. The van der Waals surface area contributed by atoms with E-state index < -0.39 is 0 Å². The standard InChI is InChI=1S/C18H26N2O4/c1-19(8-9-21)13-18(22)20-7-2-4-15(20)14-5-6-16-17(12-14)24-11-3-10-23-16/h5-6,12,15,21H,2-4,7-11,13H2,1H3/t15-/m1/s1. The average molecular weight is 334 g/mol. The third kappa shape index (κ3) is 3.82. The van der Waals surface area contributed by atoms with E-state index in [0.717, 1.165) is 42.9 Å². The van der Waals surface area contributed by atoms with Crippen LogP contribution in [0.1, 0.15) is 30.9 Å². The average Bonchev–Trinajstić information content (AvgIpc) is 2.94. The summed E-state index contributed by atoms with van der Waals surface area (Å²) in [5.41, 5.74) is 1.11. The molecule has 6 nitrogen and oxygen atoms in total. The van der Waals surface area contributed by atoms with Crippen molar-refractivity contribution in [2.45, 2.75) is 25.3 Å². The maximum absolute atomic E-state index is 12.6. The van der Waals surface area contributed by atoms with Crippen molar-refractivity contribution in [3.8, 4) is 11.5 Å². The lowest BCUT2D eigenvalue weighted by Gasteiger charge is -2.27. The van der Waals surface area contributed by atoms with Gasteiger partial charge in [-0.15, -0.1) is 0 Å². The van der Waals surface area contributed by atoms with Crippen LogP contribution in [0.5, 0.6) is 11.5 Å². The van der Waals surface area contributed by atoms with Crippen molar-refractivity contribution in [1.82, 2.24) is 9.80 Å². The fourth-order valence-corrected chi connectivity index (χ4v) is 3.37. The van der Waals surface area contributed by atoms with Crippen LogP contribution >= 0.6 is 0 Å². The number of aliphatic hydroxyl groups is 1. The van der Waals surface area contributed by atoms with Crippen molar-refractivity contribution in [2.75, 3.05) is 46.5 Å². The van der Waals surface area contributed by atoms with E-state index in [0.29, 0.717) is 26.3 Å². The van der Waals surface area contributed by atoms with Crippen molar-refractivity contribution in [2.24, 2.45) is 0 Å². The molecule has 0 bridgehead atoms. The number of aliphatic hydroxyl groups excluding tert-OH is 1. The number of amides is 1. The molecule has 1 aromatic carbocycles. The number of carbonyl (C=O) groups excluding carboxylic acids is 1. The summed E-state index contributed by atoms with van der Waals surface area (Å²) in [7, 11) is 1.85. The highest BCUT2D eigenvalue weighted by Gasteiger charge is 2.31. The first kappa shape index (κ1) is 17.0. The van der Waals surface area contributed by atoms with Crippen molar-refractivity contribution >= 4 is 5.91 Å². The fraction of sp³-hybridized carbons (Fsp3) is 0.611. The molecule has 132 valence electrons. The molecule has 2 aliphatic rings. The Labute approximate surface area is 143 Å². The summed E-state index contributed by atoms with van der Waals surface area (Å²) in [6.07, 6.45) is 2.86. The second kappa shape index (κ2) is 7.85. The third-order valence-electron chi connectivity index (χ3n) is 4.62. The molecule has 3 rings (SSSR count). The first-order valence-electron chi connectivity index (χ1n) is 8.67. The summed E-state index contributed by atoms with van der Waals surface area (Å²) in [5, 5.41) is 8.99. The molecule has 0 radical (unpaired) electrons. The highest BCUT2D eigenvalue weighted by molar-refractivity contribution is 5.79. The molecule has 1 aromatic rings. The third-order valence-corrected chi connectivity index (χ3v) is 4.62. The second-order valence-electron chi connectivity index (χ2n) is 6.46. The van der Waals surface area contributed by atoms with Gasteiger partial charge in [0.25, 0.3) is 0 Å². The highest BCUT2D eigenvalue weighted by atomic mass is 16.5. The number of benzene rings is 1. The normalized spacial score (nSPS) is 20.3. The van der Waals surface area contributed by atoms with Gasteiger partial charge < -0.3 is 19.5 Å². The monoisotopic (exact) mass is 334 g/mol. The second-order valence-corrected chi connectivity index (χ2v) is 6.46. The van der Waals surface area contributed by atoms with E-state index in [1.54, 1.807) is 0 Å². The number of fused-ring (bicyclic) bond motifs is 1.